The number of amides is 1. The second-order valence-electron chi connectivity index (χ2n) is 5.50. The average Bonchev–Trinajstić information content (AvgIpc) is 2.88. The summed E-state index contributed by atoms with van der Waals surface area (Å²) in [5.41, 5.74) is 2.34. The molecule has 0 atom stereocenters. The maximum atomic E-state index is 12.3. The lowest BCUT2D eigenvalue weighted by molar-refractivity contribution is -0.0512. The van der Waals surface area contributed by atoms with E-state index in [1.165, 1.54) is 25.3 Å². The highest BCUT2D eigenvalue weighted by atomic mass is 19.3. The van der Waals surface area contributed by atoms with Gasteiger partial charge in [-0.05, 0) is 44.5 Å². The van der Waals surface area contributed by atoms with Gasteiger partial charge >= 0.3 is 6.61 Å². The summed E-state index contributed by atoms with van der Waals surface area (Å²) in [6, 6.07) is 6.06. The maximum absolute atomic E-state index is 12.3. The molecule has 0 aliphatic carbocycles. The van der Waals surface area contributed by atoms with E-state index in [1.807, 2.05) is 24.6 Å². The molecule has 0 saturated carbocycles. The van der Waals surface area contributed by atoms with Crippen molar-refractivity contribution in [1.29, 1.82) is 0 Å². The second-order valence-corrected chi connectivity index (χ2v) is 5.50. The fraction of sp³-hybridized carbons (Fsp3) is 0.412. The summed E-state index contributed by atoms with van der Waals surface area (Å²) in [5.74, 6) is -0.343. The number of carbonyl (C=O) groups is 1. The number of nitrogens with one attached hydrogen (secondary N) is 1. The van der Waals surface area contributed by atoms with E-state index < -0.39 is 6.61 Å². The minimum atomic E-state index is -2.96. The maximum Gasteiger partial charge on any atom is 0.387 e. The van der Waals surface area contributed by atoms with E-state index in [1.54, 1.807) is 0 Å². The number of benzene rings is 1. The van der Waals surface area contributed by atoms with Crippen molar-refractivity contribution in [2.75, 3.05) is 13.7 Å². The van der Waals surface area contributed by atoms with Crippen LogP contribution >= 0.6 is 0 Å². The summed E-state index contributed by atoms with van der Waals surface area (Å²) in [4.78, 5) is 12.2. The fourth-order valence-corrected chi connectivity index (χ4v) is 2.44. The number of hydrogen-bond acceptors (Lipinski definition) is 4. The summed E-state index contributed by atoms with van der Waals surface area (Å²) in [6.45, 7) is 2.12. The molecular weight excluding hydrogens is 332 g/mol. The third-order valence-electron chi connectivity index (χ3n) is 3.58. The third kappa shape index (κ3) is 5.17. The molecule has 1 aromatic heterocycles. The van der Waals surface area contributed by atoms with Gasteiger partial charge in [-0.3, -0.25) is 9.48 Å². The normalized spacial score (nSPS) is 10.8. The van der Waals surface area contributed by atoms with Crippen molar-refractivity contribution in [2.45, 2.75) is 33.4 Å². The number of carbonyl (C=O) groups excluding carboxylic acids is 1. The molecule has 2 rings (SSSR count). The topological polar surface area (TPSA) is 65.4 Å². The van der Waals surface area contributed by atoms with Crippen LogP contribution in [0.5, 0.6) is 11.5 Å². The van der Waals surface area contributed by atoms with Gasteiger partial charge in [0.1, 0.15) is 0 Å². The van der Waals surface area contributed by atoms with Crippen LogP contribution in [0.25, 0.3) is 0 Å². The lowest BCUT2D eigenvalue weighted by Gasteiger charge is -2.11. The van der Waals surface area contributed by atoms with Gasteiger partial charge < -0.3 is 14.8 Å². The Kier molecular flexibility index (Phi) is 6.32. The Labute approximate surface area is 144 Å². The molecule has 0 saturated heterocycles. The highest BCUT2D eigenvalue weighted by Crippen LogP contribution is 2.29. The van der Waals surface area contributed by atoms with Crippen LogP contribution in [0.3, 0.4) is 0 Å². The Hall–Kier alpha value is -2.64. The number of methoxy groups -OCH3 is 1. The number of rotatable bonds is 8. The first-order chi connectivity index (χ1) is 11.9. The molecule has 25 heavy (non-hydrogen) atoms. The van der Waals surface area contributed by atoms with Gasteiger partial charge in [0.05, 0.1) is 12.8 Å². The summed E-state index contributed by atoms with van der Waals surface area (Å²) < 4.78 is 35.8. The Morgan fingerprint density at radius 1 is 1.28 bits per heavy atom. The molecule has 8 heteroatoms. The van der Waals surface area contributed by atoms with Crippen LogP contribution in [0.1, 0.15) is 28.2 Å². The van der Waals surface area contributed by atoms with Gasteiger partial charge in [-0.15, -0.1) is 0 Å². The van der Waals surface area contributed by atoms with Gasteiger partial charge in [0, 0.05) is 24.3 Å². The summed E-state index contributed by atoms with van der Waals surface area (Å²) in [6.07, 6.45) is 0.720. The van der Waals surface area contributed by atoms with Gasteiger partial charge in [0.2, 0.25) is 0 Å². The Balaban J connectivity index is 1.89. The molecule has 0 unspecified atom stereocenters. The highest BCUT2D eigenvalue weighted by Gasteiger charge is 2.14. The standard InChI is InChI=1S/C17H21F2N3O3/c1-11-9-12(2)22(21-11)8-4-7-20-16(23)13-5-6-14(25-17(18)19)15(10-13)24-3/h5-6,9-10,17H,4,7-8H2,1-3H3,(H,20,23). The molecule has 0 aliphatic heterocycles. The van der Waals surface area contributed by atoms with Crippen molar-refractivity contribution in [2.24, 2.45) is 0 Å². The van der Waals surface area contributed by atoms with E-state index in [0.717, 1.165) is 17.8 Å². The first-order valence-corrected chi connectivity index (χ1v) is 7.83. The number of halogens is 2. The van der Waals surface area contributed by atoms with E-state index >= 15 is 0 Å². The third-order valence-corrected chi connectivity index (χ3v) is 3.58. The monoisotopic (exact) mass is 353 g/mol. The minimum Gasteiger partial charge on any atom is -0.493 e. The van der Waals surface area contributed by atoms with Crippen molar-refractivity contribution in [3.8, 4) is 11.5 Å². The van der Waals surface area contributed by atoms with E-state index in [9.17, 15) is 13.6 Å². The van der Waals surface area contributed by atoms with Crippen molar-refractivity contribution in [3.05, 3.63) is 41.2 Å². The predicted molar refractivity (Wildman–Crippen MR) is 88.3 cm³/mol. The molecule has 2 aromatic rings. The molecule has 136 valence electrons. The molecule has 0 radical (unpaired) electrons. The minimum absolute atomic E-state index is 0.0793. The molecule has 0 fully saturated rings. The van der Waals surface area contributed by atoms with Gasteiger partial charge in [-0.25, -0.2) is 0 Å². The van der Waals surface area contributed by atoms with Crippen LogP contribution in [0, 0.1) is 13.8 Å². The summed E-state index contributed by atoms with van der Waals surface area (Å²) in [7, 11) is 1.32. The lowest BCUT2D eigenvalue weighted by Crippen LogP contribution is -2.25. The molecule has 1 N–H and O–H groups in total. The van der Waals surface area contributed by atoms with Gasteiger partial charge in [-0.2, -0.15) is 13.9 Å². The van der Waals surface area contributed by atoms with Crippen LogP contribution in [0.2, 0.25) is 0 Å². The molecule has 1 aromatic carbocycles. The smallest absolute Gasteiger partial charge is 0.387 e. The van der Waals surface area contributed by atoms with E-state index in [0.29, 0.717) is 18.7 Å². The number of ether oxygens (including phenoxy) is 2. The largest absolute Gasteiger partial charge is 0.493 e. The Morgan fingerprint density at radius 3 is 2.64 bits per heavy atom. The molecule has 0 spiro atoms. The van der Waals surface area contributed by atoms with Crippen molar-refractivity contribution in [3.63, 3.8) is 0 Å². The zero-order valence-electron chi connectivity index (χ0n) is 14.4. The molecule has 0 bridgehead atoms. The summed E-state index contributed by atoms with van der Waals surface area (Å²) in [5, 5.41) is 7.14. The summed E-state index contributed by atoms with van der Waals surface area (Å²) >= 11 is 0. The van der Waals surface area contributed by atoms with E-state index in [2.05, 4.69) is 15.2 Å². The van der Waals surface area contributed by atoms with Crippen molar-refractivity contribution in [1.82, 2.24) is 15.1 Å². The quantitative estimate of drug-likeness (QED) is 0.741. The number of hydrogen-bond donors (Lipinski definition) is 1. The van der Waals surface area contributed by atoms with Crippen molar-refractivity contribution >= 4 is 5.91 Å². The number of aryl methyl sites for hydroxylation is 3. The van der Waals surface area contributed by atoms with Gasteiger partial charge in [0.25, 0.3) is 5.91 Å². The molecule has 1 amide bonds. The van der Waals surface area contributed by atoms with E-state index in [4.69, 9.17) is 4.74 Å². The molecule has 6 nitrogen and oxygen atoms in total. The van der Waals surface area contributed by atoms with Crippen LogP contribution in [-0.2, 0) is 6.54 Å². The van der Waals surface area contributed by atoms with Crippen LogP contribution in [0.15, 0.2) is 24.3 Å². The molecular formula is C17H21F2N3O3. The Bertz CT molecular complexity index is 732. The zero-order valence-corrected chi connectivity index (χ0v) is 14.4. The zero-order chi connectivity index (χ0) is 18.4. The molecule has 1 heterocycles. The van der Waals surface area contributed by atoms with Crippen LogP contribution < -0.4 is 14.8 Å². The lowest BCUT2D eigenvalue weighted by atomic mass is 10.2. The predicted octanol–water partition coefficient (Wildman–Crippen LogP) is 2.93. The van der Waals surface area contributed by atoms with Crippen LogP contribution in [0.4, 0.5) is 8.78 Å². The SMILES string of the molecule is COc1cc(C(=O)NCCCn2nc(C)cc2C)ccc1OC(F)F. The van der Waals surface area contributed by atoms with Gasteiger partial charge in [-0.1, -0.05) is 0 Å². The first-order valence-electron chi connectivity index (χ1n) is 7.83. The number of alkyl halides is 2. The Morgan fingerprint density at radius 2 is 2.04 bits per heavy atom. The molecule has 0 aliphatic rings. The van der Waals surface area contributed by atoms with Crippen molar-refractivity contribution < 1.29 is 23.0 Å². The highest BCUT2D eigenvalue weighted by molar-refractivity contribution is 5.94. The number of nitrogens with zero attached hydrogens (tertiary/aromatic N) is 2. The average molecular weight is 353 g/mol. The number of aromatic nitrogens is 2. The van der Waals surface area contributed by atoms with E-state index in [-0.39, 0.29) is 17.4 Å². The second kappa shape index (κ2) is 8.46. The fourth-order valence-electron chi connectivity index (χ4n) is 2.44. The first kappa shape index (κ1) is 18.7. The van der Waals surface area contributed by atoms with Gasteiger partial charge in [0.15, 0.2) is 11.5 Å². The van der Waals surface area contributed by atoms with Crippen LogP contribution in [-0.4, -0.2) is 36.0 Å².